The van der Waals surface area contributed by atoms with Crippen molar-refractivity contribution in [2.45, 2.75) is 0 Å². The van der Waals surface area contributed by atoms with E-state index in [0.717, 1.165) is 28.1 Å². The van der Waals surface area contributed by atoms with E-state index in [2.05, 4.69) is 32.0 Å². The summed E-state index contributed by atoms with van der Waals surface area (Å²) in [4.78, 5) is 33.0. The Kier molecular flexibility index (Phi) is 6.52. The maximum atomic E-state index is 12.3. The zero-order valence-corrected chi connectivity index (χ0v) is 18.1. The normalized spacial score (nSPS) is 10.4. The molecule has 3 N–H and O–H groups in total. The van der Waals surface area contributed by atoms with Gasteiger partial charge in [0, 0.05) is 41.6 Å². The fraction of sp³-hybridized carbons (Fsp3) is 0.0833. The Balaban J connectivity index is 1.36. The third-order valence-corrected chi connectivity index (χ3v) is 5.53. The second-order valence-corrected chi connectivity index (χ2v) is 7.77. The fourth-order valence-corrected chi connectivity index (χ4v) is 3.82. The first-order valence-corrected chi connectivity index (χ1v) is 10.8. The van der Waals surface area contributed by atoms with Crippen molar-refractivity contribution in [3.8, 4) is 22.4 Å². The van der Waals surface area contributed by atoms with Crippen molar-refractivity contribution in [2.24, 2.45) is 0 Å². The summed E-state index contributed by atoms with van der Waals surface area (Å²) in [5.41, 5.74) is 5.26. The Morgan fingerprint density at radius 2 is 1.69 bits per heavy atom. The average molecular weight is 444 g/mol. The Hall–Kier alpha value is -4.04. The van der Waals surface area contributed by atoms with E-state index in [1.165, 1.54) is 11.3 Å². The number of rotatable bonds is 7. The van der Waals surface area contributed by atoms with Gasteiger partial charge in [0.05, 0.1) is 12.2 Å². The first kappa shape index (κ1) is 21.2. The number of anilines is 2. The Morgan fingerprint density at radius 3 is 2.44 bits per heavy atom. The third-order valence-electron chi connectivity index (χ3n) is 4.77. The van der Waals surface area contributed by atoms with Gasteiger partial charge in [-0.1, -0.05) is 18.2 Å². The number of thiazole rings is 1. The first-order chi connectivity index (χ1) is 15.6. The van der Waals surface area contributed by atoms with Crippen LogP contribution in [-0.2, 0) is 4.79 Å². The van der Waals surface area contributed by atoms with Gasteiger partial charge in [-0.25, -0.2) is 4.98 Å². The van der Waals surface area contributed by atoms with Gasteiger partial charge >= 0.3 is 0 Å². The van der Waals surface area contributed by atoms with Crippen molar-refractivity contribution in [2.75, 3.05) is 24.2 Å². The molecule has 0 bridgehead atoms. The molecule has 0 saturated carbocycles. The average Bonchev–Trinajstić information content (AvgIpc) is 3.31. The number of nitrogens with zero attached hydrogens (tertiary/aromatic N) is 2. The van der Waals surface area contributed by atoms with Crippen LogP contribution in [0.3, 0.4) is 0 Å². The Bertz CT molecular complexity index is 1220. The van der Waals surface area contributed by atoms with Gasteiger partial charge in [0.1, 0.15) is 0 Å². The number of amides is 2. The Morgan fingerprint density at radius 1 is 0.938 bits per heavy atom. The number of benzene rings is 2. The molecule has 0 radical (unpaired) electrons. The molecule has 7 nitrogen and oxygen atoms in total. The molecule has 0 fully saturated rings. The van der Waals surface area contributed by atoms with Crippen LogP contribution in [0.1, 0.15) is 10.4 Å². The summed E-state index contributed by atoms with van der Waals surface area (Å²) in [5.74, 6) is -0.646. The summed E-state index contributed by atoms with van der Waals surface area (Å²) >= 11 is 1.34. The SMILES string of the molecule is CNc1ccc(C(=O)NCC(=O)Nc2nc(-c3cccc(-c4ccncc4)c3)cs2)cc1. The smallest absolute Gasteiger partial charge is 0.251 e. The number of hydrogen-bond donors (Lipinski definition) is 3. The molecule has 0 aliphatic rings. The molecule has 32 heavy (non-hydrogen) atoms. The zero-order valence-electron chi connectivity index (χ0n) is 17.3. The highest BCUT2D eigenvalue weighted by Crippen LogP contribution is 2.28. The minimum Gasteiger partial charge on any atom is -0.388 e. The van der Waals surface area contributed by atoms with E-state index in [0.29, 0.717) is 10.7 Å². The number of carbonyl (C=O) groups is 2. The summed E-state index contributed by atoms with van der Waals surface area (Å²) < 4.78 is 0. The standard InChI is InChI=1S/C24H21N5O2S/c1-25-20-7-5-17(6-8-20)23(31)27-14-22(30)29-24-28-21(15-32-24)19-4-2-3-18(13-19)16-9-11-26-12-10-16/h2-13,15,25H,14H2,1H3,(H,27,31)(H,28,29,30). The van der Waals surface area contributed by atoms with Gasteiger partial charge in [-0.3, -0.25) is 14.6 Å². The van der Waals surface area contributed by atoms with Gasteiger partial charge in [-0.05, 0) is 53.6 Å². The molecule has 0 aliphatic carbocycles. The lowest BCUT2D eigenvalue weighted by atomic mass is 10.0. The predicted octanol–water partition coefficient (Wildman–Crippen LogP) is 4.28. The van der Waals surface area contributed by atoms with Gasteiger partial charge in [-0.2, -0.15) is 0 Å². The molecular formula is C24H21N5O2S. The summed E-state index contributed by atoms with van der Waals surface area (Å²) in [5, 5.41) is 10.7. The van der Waals surface area contributed by atoms with Crippen molar-refractivity contribution in [3.63, 3.8) is 0 Å². The van der Waals surface area contributed by atoms with E-state index in [1.54, 1.807) is 43.7 Å². The van der Waals surface area contributed by atoms with Crippen LogP contribution < -0.4 is 16.0 Å². The number of nitrogens with one attached hydrogen (secondary N) is 3. The third kappa shape index (κ3) is 5.16. The number of hydrogen-bond acceptors (Lipinski definition) is 6. The molecule has 160 valence electrons. The quantitative estimate of drug-likeness (QED) is 0.396. The molecule has 8 heteroatoms. The van der Waals surface area contributed by atoms with Crippen LogP contribution in [0.4, 0.5) is 10.8 Å². The van der Waals surface area contributed by atoms with Crippen molar-refractivity contribution in [1.29, 1.82) is 0 Å². The lowest BCUT2D eigenvalue weighted by molar-refractivity contribution is -0.115. The molecule has 0 saturated heterocycles. The van der Waals surface area contributed by atoms with Crippen molar-refractivity contribution in [3.05, 3.63) is 84.0 Å². The molecule has 4 rings (SSSR count). The van der Waals surface area contributed by atoms with Crippen LogP contribution in [0.15, 0.2) is 78.4 Å². The van der Waals surface area contributed by atoms with Gasteiger partial charge in [0.2, 0.25) is 5.91 Å². The van der Waals surface area contributed by atoms with Gasteiger partial charge in [0.25, 0.3) is 5.91 Å². The minimum absolute atomic E-state index is 0.140. The molecule has 2 aromatic heterocycles. The molecule has 0 aliphatic heterocycles. The zero-order chi connectivity index (χ0) is 22.3. The van der Waals surface area contributed by atoms with E-state index in [4.69, 9.17) is 0 Å². The van der Waals surface area contributed by atoms with Crippen LogP contribution >= 0.6 is 11.3 Å². The largest absolute Gasteiger partial charge is 0.388 e. The molecule has 0 unspecified atom stereocenters. The predicted molar refractivity (Wildman–Crippen MR) is 128 cm³/mol. The number of pyridine rings is 1. The lowest BCUT2D eigenvalue weighted by Crippen LogP contribution is -2.32. The molecule has 2 aromatic carbocycles. The topological polar surface area (TPSA) is 96.0 Å². The summed E-state index contributed by atoms with van der Waals surface area (Å²) in [7, 11) is 1.81. The molecular weight excluding hydrogens is 422 g/mol. The summed E-state index contributed by atoms with van der Waals surface area (Å²) in [6.45, 7) is -0.140. The molecule has 2 amide bonds. The molecule has 0 atom stereocenters. The van der Waals surface area contributed by atoms with Crippen LogP contribution in [0.5, 0.6) is 0 Å². The van der Waals surface area contributed by atoms with Gasteiger partial charge < -0.3 is 16.0 Å². The highest BCUT2D eigenvalue weighted by Gasteiger charge is 2.11. The fourth-order valence-electron chi connectivity index (χ4n) is 3.08. The monoisotopic (exact) mass is 443 g/mol. The van der Waals surface area contributed by atoms with E-state index >= 15 is 0 Å². The van der Waals surface area contributed by atoms with Gasteiger partial charge in [0.15, 0.2) is 5.13 Å². The second kappa shape index (κ2) is 9.84. The number of carbonyl (C=O) groups excluding carboxylic acids is 2. The van der Waals surface area contributed by atoms with E-state index < -0.39 is 0 Å². The highest BCUT2D eigenvalue weighted by molar-refractivity contribution is 7.14. The lowest BCUT2D eigenvalue weighted by Gasteiger charge is -2.06. The van der Waals surface area contributed by atoms with Crippen LogP contribution in [-0.4, -0.2) is 35.4 Å². The van der Waals surface area contributed by atoms with Gasteiger partial charge in [-0.15, -0.1) is 11.3 Å². The maximum absolute atomic E-state index is 12.3. The van der Waals surface area contributed by atoms with Crippen LogP contribution in [0.25, 0.3) is 22.4 Å². The second-order valence-electron chi connectivity index (χ2n) is 6.91. The minimum atomic E-state index is -0.336. The maximum Gasteiger partial charge on any atom is 0.251 e. The van der Waals surface area contributed by atoms with E-state index in [9.17, 15) is 9.59 Å². The van der Waals surface area contributed by atoms with Crippen molar-refractivity contribution >= 4 is 34.0 Å². The van der Waals surface area contributed by atoms with Crippen LogP contribution in [0, 0.1) is 0 Å². The summed E-state index contributed by atoms with van der Waals surface area (Å²) in [6.07, 6.45) is 3.52. The molecule has 2 heterocycles. The Labute approximate surface area is 189 Å². The van der Waals surface area contributed by atoms with E-state index in [1.807, 2.05) is 35.7 Å². The molecule has 0 spiro atoms. The van der Waals surface area contributed by atoms with Crippen molar-refractivity contribution in [1.82, 2.24) is 15.3 Å². The van der Waals surface area contributed by atoms with Crippen molar-refractivity contribution < 1.29 is 9.59 Å². The summed E-state index contributed by atoms with van der Waals surface area (Å²) in [6, 6.07) is 18.9. The highest BCUT2D eigenvalue weighted by atomic mass is 32.1. The number of aromatic nitrogens is 2. The first-order valence-electron chi connectivity index (χ1n) is 9.94. The van der Waals surface area contributed by atoms with E-state index in [-0.39, 0.29) is 18.4 Å². The molecule has 4 aromatic rings. The van der Waals surface area contributed by atoms with Crippen LogP contribution in [0.2, 0.25) is 0 Å².